The number of ketones is 1. The number of Topliss-reactive ketones (excluding diaryl/α,β-unsaturated/α-hetero) is 1. The molecule has 0 bridgehead atoms. The van der Waals surface area contributed by atoms with Gasteiger partial charge in [0, 0.05) is 11.5 Å². The van der Waals surface area contributed by atoms with Gasteiger partial charge in [-0.2, -0.15) is 0 Å². The Morgan fingerprint density at radius 2 is 2.27 bits per heavy atom. The molecular weight excluding hydrogens is 208 g/mol. The average Bonchev–Trinajstić information content (AvgIpc) is 2.71. The summed E-state index contributed by atoms with van der Waals surface area (Å²) >= 11 is 1.58. The first-order valence-corrected chi connectivity index (χ1v) is 6.14. The van der Waals surface area contributed by atoms with Crippen LogP contribution in [-0.2, 0) is 4.74 Å². The predicted molar refractivity (Wildman–Crippen MR) is 61.6 cm³/mol. The van der Waals surface area contributed by atoms with Crippen LogP contribution in [0.4, 0.5) is 0 Å². The van der Waals surface area contributed by atoms with Crippen LogP contribution in [0.2, 0.25) is 0 Å². The lowest BCUT2D eigenvalue weighted by atomic mass is 9.99. The third-order valence-corrected chi connectivity index (χ3v) is 4.08. The Bertz CT molecular complexity index is 381. The normalized spacial score (nSPS) is 25.8. The van der Waals surface area contributed by atoms with E-state index in [4.69, 9.17) is 4.74 Å². The fourth-order valence-corrected chi connectivity index (χ4v) is 3.04. The minimum absolute atomic E-state index is 0.176. The van der Waals surface area contributed by atoms with E-state index in [2.05, 4.69) is 13.0 Å². The van der Waals surface area contributed by atoms with Crippen molar-refractivity contribution in [2.75, 3.05) is 6.61 Å². The Balaban J connectivity index is 2.24. The van der Waals surface area contributed by atoms with Gasteiger partial charge in [-0.3, -0.25) is 4.79 Å². The summed E-state index contributed by atoms with van der Waals surface area (Å²) in [4.78, 5) is 14.3. The van der Waals surface area contributed by atoms with Gasteiger partial charge in [0.2, 0.25) is 5.78 Å². The summed E-state index contributed by atoms with van der Waals surface area (Å²) in [6.07, 6.45) is 0.793. The van der Waals surface area contributed by atoms with Gasteiger partial charge >= 0.3 is 0 Å². The molecule has 1 aliphatic rings. The van der Waals surface area contributed by atoms with E-state index >= 15 is 0 Å². The second-order valence-corrected chi connectivity index (χ2v) is 5.55. The molecule has 0 spiro atoms. The topological polar surface area (TPSA) is 26.3 Å². The lowest BCUT2D eigenvalue weighted by Gasteiger charge is -2.12. The number of carbonyl (C=O) groups excluding carboxylic acids is 1. The molecule has 2 nitrogen and oxygen atoms in total. The van der Waals surface area contributed by atoms with E-state index in [0.717, 1.165) is 23.5 Å². The van der Waals surface area contributed by atoms with Crippen LogP contribution in [0.15, 0.2) is 6.07 Å². The van der Waals surface area contributed by atoms with E-state index in [-0.39, 0.29) is 11.9 Å². The number of hydrogen-bond acceptors (Lipinski definition) is 3. The molecule has 1 aliphatic heterocycles. The summed E-state index contributed by atoms with van der Waals surface area (Å²) in [7, 11) is 0. The summed E-state index contributed by atoms with van der Waals surface area (Å²) in [5.74, 6) is 0.537. The van der Waals surface area contributed by atoms with Gasteiger partial charge in [-0.25, -0.2) is 0 Å². The second kappa shape index (κ2) is 4.06. The number of ether oxygens (including phenoxy) is 1. The summed E-state index contributed by atoms with van der Waals surface area (Å²) in [5.41, 5.74) is 1.09. The molecule has 0 aromatic carbocycles. The van der Waals surface area contributed by atoms with Gasteiger partial charge in [-0.15, -0.1) is 11.3 Å². The van der Waals surface area contributed by atoms with Crippen LogP contribution < -0.4 is 0 Å². The molecule has 15 heavy (non-hydrogen) atoms. The Hall–Kier alpha value is -0.670. The Labute approximate surface area is 94.3 Å². The van der Waals surface area contributed by atoms with E-state index in [1.807, 2.05) is 13.8 Å². The van der Waals surface area contributed by atoms with Gasteiger partial charge < -0.3 is 4.74 Å². The third kappa shape index (κ3) is 1.99. The largest absolute Gasteiger partial charge is 0.370 e. The Morgan fingerprint density at radius 1 is 1.53 bits per heavy atom. The van der Waals surface area contributed by atoms with Crippen molar-refractivity contribution in [2.45, 2.75) is 33.3 Å². The van der Waals surface area contributed by atoms with Gasteiger partial charge in [-0.05, 0) is 37.8 Å². The van der Waals surface area contributed by atoms with Gasteiger partial charge in [0.25, 0.3) is 0 Å². The summed E-state index contributed by atoms with van der Waals surface area (Å²) < 4.78 is 5.50. The van der Waals surface area contributed by atoms with Crippen molar-refractivity contribution in [3.05, 3.63) is 21.4 Å². The van der Waals surface area contributed by atoms with Crippen LogP contribution in [0.1, 0.15) is 33.5 Å². The maximum atomic E-state index is 12.2. The van der Waals surface area contributed by atoms with Crippen LogP contribution in [-0.4, -0.2) is 18.5 Å². The smallest absolute Gasteiger partial charge is 0.201 e. The molecule has 0 saturated carbocycles. The van der Waals surface area contributed by atoms with E-state index in [0.29, 0.717) is 5.92 Å². The first kappa shape index (κ1) is 10.8. The zero-order valence-electron chi connectivity index (χ0n) is 9.37. The Kier molecular flexibility index (Phi) is 2.94. The van der Waals surface area contributed by atoms with Crippen LogP contribution in [0.3, 0.4) is 0 Å². The minimum Gasteiger partial charge on any atom is -0.370 e. The molecule has 2 unspecified atom stereocenters. The van der Waals surface area contributed by atoms with Crippen molar-refractivity contribution in [3.8, 4) is 0 Å². The van der Waals surface area contributed by atoms with Gasteiger partial charge in [0.1, 0.15) is 6.10 Å². The predicted octanol–water partition coefficient (Wildman–Crippen LogP) is 2.97. The molecule has 0 aliphatic carbocycles. The zero-order valence-corrected chi connectivity index (χ0v) is 10.2. The average molecular weight is 224 g/mol. The third-order valence-electron chi connectivity index (χ3n) is 2.91. The van der Waals surface area contributed by atoms with Gasteiger partial charge in [0.15, 0.2) is 0 Å². The highest BCUT2D eigenvalue weighted by Gasteiger charge is 2.32. The van der Waals surface area contributed by atoms with Crippen molar-refractivity contribution >= 4 is 17.1 Å². The number of thiophene rings is 1. The summed E-state index contributed by atoms with van der Waals surface area (Å²) in [6.45, 7) is 6.84. The molecule has 1 aromatic heterocycles. The fraction of sp³-hybridized carbons (Fsp3) is 0.583. The van der Waals surface area contributed by atoms with Crippen LogP contribution >= 0.6 is 11.3 Å². The van der Waals surface area contributed by atoms with E-state index < -0.39 is 0 Å². The fourth-order valence-electron chi connectivity index (χ4n) is 2.05. The maximum Gasteiger partial charge on any atom is 0.201 e. The monoisotopic (exact) mass is 224 g/mol. The molecule has 3 heteroatoms. The van der Waals surface area contributed by atoms with Crippen molar-refractivity contribution in [3.63, 3.8) is 0 Å². The molecule has 1 saturated heterocycles. The van der Waals surface area contributed by atoms with Crippen LogP contribution in [0, 0.1) is 19.8 Å². The standard InChI is InChI=1S/C12H16O2S/c1-7-4-5-14-11(7)10(13)12-8(2)6-9(3)15-12/h6-7,11H,4-5H2,1-3H3. The van der Waals surface area contributed by atoms with Crippen molar-refractivity contribution in [2.24, 2.45) is 5.92 Å². The Morgan fingerprint density at radius 3 is 2.73 bits per heavy atom. The van der Waals surface area contributed by atoms with E-state index in [1.54, 1.807) is 11.3 Å². The highest BCUT2D eigenvalue weighted by molar-refractivity contribution is 7.14. The molecule has 2 atom stereocenters. The molecular formula is C12H16O2S. The second-order valence-electron chi connectivity index (χ2n) is 4.29. The molecule has 1 fully saturated rings. The molecule has 1 aromatic rings. The highest BCUT2D eigenvalue weighted by atomic mass is 32.1. The van der Waals surface area contributed by atoms with E-state index in [9.17, 15) is 4.79 Å². The quantitative estimate of drug-likeness (QED) is 0.722. The molecule has 0 amide bonds. The first-order chi connectivity index (χ1) is 7.09. The highest BCUT2D eigenvalue weighted by Crippen LogP contribution is 2.28. The number of hydrogen-bond donors (Lipinski definition) is 0. The summed E-state index contributed by atoms with van der Waals surface area (Å²) in [5, 5.41) is 0. The van der Waals surface area contributed by atoms with Crippen molar-refractivity contribution < 1.29 is 9.53 Å². The number of aryl methyl sites for hydroxylation is 2. The molecule has 2 heterocycles. The number of carbonyl (C=O) groups is 1. The van der Waals surface area contributed by atoms with Crippen LogP contribution in [0.5, 0.6) is 0 Å². The summed E-state index contributed by atoms with van der Waals surface area (Å²) in [6, 6.07) is 2.07. The lowest BCUT2D eigenvalue weighted by molar-refractivity contribution is 0.0583. The molecule has 2 rings (SSSR count). The van der Waals surface area contributed by atoms with Crippen molar-refractivity contribution in [1.29, 1.82) is 0 Å². The van der Waals surface area contributed by atoms with E-state index in [1.165, 1.54) is 4.88 Å². The zero-order chi connectivity index (χ0) is 11.0. The number of rotatable bonds is 2. The SMILES string of the molecule is Cc1cc(C)c(C(=O)C2OCCC2C)s1. The minimum atomic E-state index is -0.207. The van der Waals surface area contributed by atoms with Crippen molar-refractivity contribution in [1.82, 2.24) is 0 Å². The van der Waals surface area contributed by atoms with Gasteiger partial charge in [-0.1, -0.05) is 6.92 Å². The lowest BCUT2D eigenvalue weighted by Crippen LogP contribution is -2.24. The molecule has 0 radical (unpaired) electrons. The first-order valence-electron chi connectivity index (χ1n) is 5.32. The van der Waals surface area contributed by atoms with Gasteiger partial charge in [0.05, 0.1) is 4.88 Å². The maximum absolute atomic E-state index is 12.2. The van der Waals surface area contributed by atoms with Crippen LogP contribution in [0.25, 0.3) is 0 Å². The molecule has 0 N–H and O–H groups in total. The molecule has 82 valence electrons.